The van der Waals surface area contributed by atoms with Gasteiger partial charge in [-0.3, -0.25) is 4.90 Å². The molecule has 7 nitrogen and oxygen atoms in total. The number of aliphatic hydroxyl groups is 1. The highest BCUT2D eigenvalue weighted by Crippen LogP contribution is 2.35. The van der Waals surface area contributed by atoms with Crippen LogP contribution < -0.4 is 9.64 Å². The number of cyclic esters (lactones) is 1. The largest absolute Gasteiger partial charge is 0.489 e. The van der Waals surface area contributed by atoms with Crippen LogP contribution >= 0.6 is 0 Å². The summed E-state index contributed by atoms with van der Waals surface area (Å²) in [5, 5.41) is 11.1. The van der Waals surface area contributed by atoms with E-state index < -0.39 is 11.7 Å². The van der Waals surface area contributed by atoms with Crippen LogP contribution in [-0.4, -0.2) is 42.5 Å². The van der Waals surface area contributed by atoms with Crippen LogP contribution in [-0.2, 0) is 21.7 Å². The molecular formula is C20H22N2O5. The maximum absolute atomic E-state index is 12.0. The van der Waals surface area contributed by atoms with E-state index in [-0.39, 0.29) is 0 Å². The molecule has 4 rings (SSSR count). The van der Waals surface area contributed by atoms with Crippen molar-refractivity contribution < 1.29 is 24.1 Å². The second-order valence-corrected chi connectivity index (χ2v) is 6.73. The Bertz CT molecular complexity index is 805. The van der Waals surface area contributed by atoms with Crippen molar-refractivity contribution in [3.05, 3.63) is 53.7 Å². The van der Waals surface area contributed by atoms with E-state index in [2.05, 4.69) is 4.98 Å². The van der Waals surface area contributed by atoms with Gasteiger partial charge in [0.25, 0.3) is 0 Å². The normalized spacial score (nSPS) is 19.0. The Balaban J connectivity index is 1.64. The number of anilines is 1. The number of pyridine rings is 1. The van der Waals surface area contributed by atoms with Crippen molar-refractivity contribution in [3.63, 3.8) is 0 Å². The van der Waals surface area contributed by atoms with Crippen LogP contribution in [0.15, 0.2) is 42.5 Å². The maximum atomic E-state index is 12.0. The number of benzene rings is 1. The molecule has 1 aromatic carbocycles. The number of carbonyl (C=O) groups is 1. The molecule has 1 amide bonds. The van der Waals surface area contributed by atoms with Crippen molar-refractivity contribution in [2.24, 2.45) is 0 Å². The SMILES string of the molecule is O=C1OCCN1c1cc(OCc2ccccc2)cc(C2(O)CCOCC2)n1. The third kappa shape index (κ3) is 3.89. The molecular weight excluding hydrogens is 348 g/mol. The summed E-state index contributed by atoms with van der Waals surface area (Å²) in [5.74, 6) is 0.983. The Morgan fingerprint density at radius 3 is 2.63 bits per heavy atom. The smallest absolute Gasteiger partial charge is 0.415 e. The van der Waals surface area contributed by atoms with Crippen molar-refractivity contribution in [3.8, 4) is 5.75 Å². The highest BCUT2D eigenvalue weighted by atomic mass is 16.6. The van der Waals surface area contributed by atoms with Crippen LogP contribution in [0.4, 0.5) is 10.6 Å². The van der Waals surface area contributed by atoms with E-state index >= 15 is 0 Å². The van der Waals surface area contributed by atoms with Crippen molar-refractivity contribution in [2.75, 3.05) is 31.3 Å². The van der Waals surface area contributed by atoms with Crippen molar-refractivity contribution in [1.29, 1.82) is 0 Å². The summed E-state index contributed by atoms with van der Waals surface area (Å²) in [7, 11) is 0. The molecule has 2 fully saturated rings. The Kier molecular flexibility index (Phi) is 4.96. The lowest BCUT2D eigenvalue weighted by molar-refractivity contribution is -0.0706. The van der Waals surface area contributed by atoms with E-state index in [1.165, 1.54) is 4.90 Å². The fourth-order valence-electron chi connectivity index (χ4n) is 3.26. The molecule has 0 unspecified atom stereocenters. The van der Waals surface area contributed by atoms with E-state index in [1.54, 1.807) is 12.1 Å². The number of carbonyl (C=O) groups excluding carboxylic acids is 1. The van der Waals surface area contributed by atoms with E-state index in [0.717, 1.165) is 5.56 Å². The number of amides is 1. The number of nitrogens with zero attached hydrogens (tertiary/aromatic N) is 2. The van der Waals surface area contributed by atoms with E-state index in [9.17, 15) is 9.90 Å². The van der Waals surface area contributed by atoms with Crippen LogP contribution in [0.1, 0.15) is 24.1 Å². The molecule has 3 heterocycles. The molecule has 1 N–H and O–H groups in total. The molecule has 0 saturated carbocycles. The fraction of sp³-hybridized carbons (Fsp3) is 0.400. The van der Waals surface area contributed by atoms with Crippen LogP contribution in [0, 0.1) is 0 Å². The van der Waals surface area contributed by atoms with E-state index in [0.29, 0.717) is 63.1 Å². The molecule has 0 radical (unpaired) electrons. The molecule has 1 aromatic heterocycles. The molecule has 27 heavy (non-hydrogen) atoms. The van der Waals surface area contributed by atoms with Gasteiger partial charge >= 0.3 is 6.09 Å². The molecule has 0 aliphatic carbocycles. The van der Waals surface area contributed by atoms with Gasteiger partial charge < -0.3 is 19.3 Å². The fourth-order valence-corrected chi connectivity index (χ4v) is 3.26. The standard InChI is InChI=1S/C20H22N2O5/c23-19-22(8-11-26-19)18-13-16(27-14-15-4-2-1-3-5-15)12-17(21-18)20(24)6-9-25-10-7-20/h1-5,12-13,24H,6-11,14H2. The van der Waals surface area contributed by atoms with Crippen molar-refractivity contribution >= 4 is 11.9 Å². The number of rotatable bonds is 5. The Morgan fingerprint density at radius 2 is 1.93 bits per heavy atom. The lowest BCUT2D eigenvalue weighted by Gasteiger charge is -2.32. The van der Waals surface area contributed by atoms with Crippen LogP contribution in [0.3, 0.4) is 0 Å². The second-order valence-electron chi connectivity index (χ2n) is 6.73. The molecule has 0 bridgehead atoms. The molecule has 2 aliphatic rings. The van der Waals surface area contributed by atoms with Gasteiger partial charge in [0.15, 0.2) is 0 Å². The van der Waals surface area contributed by atoms with Gasteiger partial charge in [-0.05, 0) is 5.56 Å². The zero-order valence-corrected chi connectivity index (χ0v) is 15.0. The highest BCUT2D eigenvalue weighted by molar-refractivity contribution is 5.88. The molecule has 2 aromatic rings. The summed E-state index contributed by atoms with van der Waals surface area (Å²) >= 11 is 0. The first-order chi connectivity index (χ1) is 13.1. The first-order valence-electron chi connectivity index (χ1n) is 9.08. The van der Waals surface area contributed by atoms with Gasteiger partial charge in [-0.1, -0.05) is 30.3 Å². The summed E-state index contributed by atoms with van der Waals surface area (Å²) in [6.07, 6.45) is 0.463. The average molecular weight is 370 g/mol. The number of hydrogen-bond donors (Lipinski definition) is 1. The predicted octanol–water partition coefficient (Wildman–Crippen LogP) is 2.62. The lowest BCUT2D eigenvalue weighted by atomic mass is 9.90. The molecule has 2 saturated heterocycles. The topological polar surface area (TPSA) is 81.1 Å². The first kappa shape index (κ1) is 17.8. The number of ether oxygens (including phenoxy) is 3. The van der Waals surface area contributed by atoms with Crippen LogP contribution in [0.2, 0.25) is 0 Å². The van der Waals surface area contributed by atoms with Crippen LogP contribution in [0.5, 0.6) is 5.75 Å². The van der Waals surface area contributed by atoms with Gasteiger partial charge in [0, 0.05) is 38.2 Å². The third-order valence-corrected chi connectivity index (χ3v) is 4.87. The number of aromatic nitrogens is 1. The lowest BCUT2D eigenvalue weighted by Crippen LogP contribution is -2.35. The quantitative estimate of drug-likeness (QED) is 0.871. The summed E-state index contributed by atoms with van der Waals surface area (Å²) < 4.78 is 16.3. The summed E-state index contributed by atoms with van der Waals surface area (Å²) in [6, 6.07) is 13.3. The zero-order valence-electron chi connectivity index (χ0n) is 15.0. The van der Waals surface area contributed by atoms with Gasteiger partial charge in [-0.15, -0.1) is 0 Å². The minimum absolute atomic E-state index is 0.322. The van der Waals surface area contributed by atoms with Gasteiger partial charge in [0.1, 0.15) is 30.4 Å². The molecule has 0 spiro atoms. The predicted molar refractivity (Wildman–Crippen MR) is 97.7 cm³/mol. The Hall–Kier alpha value is -2.64. The number of hydrogen-bond acceptors (Lipinski definition) is 6. The Morgan fingerprint density at radius 1 is 1.15 bits per heavy atom. The summed E-state index contributed by atoms with van der Waals surface area (Å²) in [6.45, 7) is 2.07. The van der Waals surface area contributed by atoms with Gasteiger partial charge in [-0.25, -0.2) is 9.78 Å². The molecule has 0 atom stereocenters. The van der Waals surface area contributed by atoms with Gasteiger partial charge in [0.05, 0.1) is 12.2 Å². The minimum atomic E-state index is -1.09. The van der Waals surface area contributed by atoms with Crippen molar-refractivity contribution in [2.45, 2.75) is 25.0 Å². The highest BCUT2D eigenvalue weighted by Gasteiger charge is 2.35. The van der Waals surface area contributed by atoms with Gasteiger partial charge in [-0.2, -0.15) is 0 Å². The molecule has 7 heteroatoms. The summed E-state index contributed by atoms with van der Waals surface area (Å²) in [5.41, 5.74) is 0.428. The van der Waals surface area contributed by atoms with E-state index in [4.69, 9.17) is 14.2 Å². The average Bonchev–Trinajstić information content (AvgIpc) is 3.13. The zero-order chi connectivity index (χ0) is 18.7. The monoisotopic (exact) mass is 370 g/mol. The van der Waals surface area contributed by atoms with Crippen LogP contribution in [0.25, 0.3) is 0 Å². The summed E-state index contributed by atoms with van der Waals surface area (Å²) in [4.78, 5) is 18.0. The Labute approximate surface area is 157 Å². The maximum Gasteiger partial charge on any atom is 0.415 e. The second kappa shape index (κ2) is 7.54. The first-order valence-corrected chi connectivity index (χ1v) is 9.08. The minimum Gasteiger partial charge on any atom is -0.489 e. The molecule has 142 valence electrons. The molecule has 2 aliphatic heterocycles. The van der Waals surface area contributed by atoms with E-state index in [1.807, 2.05) is 30.3 Å². The van der Waals surface area contributed by atoms with Gasteiger partial charge in [0.2, 0.25) is 0 Å². The van der Waals surface area contributed by atoms with Crippen molar-refractivity contribution in [1.82, 2.24) is 4.98 Å². The third-order valence-electron chi connectivity index (χ3n) is 4.87.